The van der Waals surface area contributed by atoms with E-state index in [0.717, 1.165) is 43.4 Å². The van der Waals surface area contributed by atoms with Crippen LogP contribution in [0.3, 0.4) is 0 Å². The number of hydrogen-bond acceptors (Lipinski definition) is 3. The van der Waals surface area contributed by atoms with Crippen molar-refractivity contribution in [2.24, 2.45) is 0 Å². The summed E-state index contributed by atoms with van der Waals surface area (Å²) in [5.41, 5.74) is 6.34. The smallest absolute Gasteiger partial charge is 0.333 e. The Morgan fingerprint density at radius 2 is 1.50 bits per heavy atom. The van der Waals surface area contributed by atoms with Gasteiger partial charge in [-0.3, -0.25) is 0 Å². The molecule has 0 heterocycles. The normalized spacial score (nSPS) is 13.3. The van der Waals surface area contributed by atoms with Gasteiger partial charge in [0.05, 0.1) is 6.61 Å². The fourth-order valence-corrected chi connectivity index (χ4v) is 4.77. The van der Waals surface area contributed by atoms with Gasteiger partial charge in [-0.1, -0.05) is 86.8 Å². The molecule has 4 heteroatoms. The van der Waals surface area contributed by atoms with Crippen LogP contribution < -0.4 is 4.74 Å². The van der Waals surface area contributed by atoms with Crippen LogP contribution in [0.4, 0.5) is 0 Å². The van der Waals surface area contributed by atoms with Crippen LogP contribution in [0.2, 0.25) is 0 Å². The van der Waals surface area contributed by atoms with Gasteiger partial charge >= 0.3 is 5.97 Å². The Morgan fingerprint density at radius 1 is 0.853 bits per heavy atom. The van der Waals surface area contributed by atoms with Crippen molar-refractivity contribution < 1.29 is 19.4 Å². The molecule has 1 atom stereocenters. The summed E-state index contributed by atoms with van der Waals surface area (Å²) in [4.78, 5) is 11.6. The number of carboxylic acid groups (broad SMARTS) is 1. The topological polar surface area (TPSA) is 55.8 Å². The molecule has 0 fully saturated rings. The number of benzene rings is 3. The zero-order valence-electron chi connectivity index (χ0n) is 19.9. The van der Waals surface area contributed by atoms with E-state index in [1.54, 1.807) is 0 Å². The first kappa shape index (κ1) is 24.0. The van der Waals surface area contributed by atoms with E-state index in [1.165, 1.54) is 22.3 Å². The van der Waals surface area contributed by atoms with E-state index in [0.29, 0.717) is 25.6 Å². The number of carbonyl (C=O) groups is 1. The molecule has 1 unspecified atom stereocenters. The molecule has 1 N–H and O–H groups in total. The largest absolute Gasteiger partial charge is 0.494 e. The molecule has 0 amide bonds. The average Bonchev–Trinajstić information content (AvgIpc) is 3.18. The monoisotopic (exact) mass is 458 g/mol. The first-order valence-electron chi connectivity index (χ1n) is 12.4. The summed E-state index contributed by atoms with van der Waals surface area (Å²) < 4.78 is 11.7. The van der Waals surface area contributed by atoms with Gasteiger partial charge in [-0.2, -0.15) is 0 Å². The minimum atomic E-state index is -0.909. The van der Waals surface area contributed by atoms with Gasteiger partial charge in [0.1, 0.15) is 5.75 Å². The molecule has 3 aromatic carbocycles. The summed E-state index contributed by atoms with van der Waals surface area (Å²) in [5.74, 6) is 0.237. The van der Waals surface area contributed by atoms with Gasteiger partial charge in [0.25, 0.3) is 0 Å². The Bertz CT molecular complexity index is 1030. The number of rotatable bonds is 13. The van der Waals surface area contributed by atoms with Crippen LogP contribution in [0.15, 0.2) is 72.8 Å². The average molecular weight is 459 g/mol. The highest BCUT2D eigenvalue weighted by Crippen LogP contribution is 2.45. The number of carboxylic acids is 1. The maximum atomic E-state index is 11.6. The quantitative estimate of drug-likeness (QED) is 0.284. The van der Waals surface area contributed by atoms with Crippen molar-refractivity contribution in [3.8, 4) is 16.9 Å². The summed E-state index contributed by atoms with van der Waals surface area (Å²) in [6.45, 7) is 3.26. The van der Waals surface area contributed by atoms with Gasteiger partial charge in [-0.25, -0.2) is 4.79 Å². The van der Waals surface area contributed by atoms with Crippen molar-refractivity contribution in [2.75, 3.05) is 13.2 Å². The van der Waals surface area contributed by atoms with Crippen molar-refractivity contribution in [1.29, 1.82) is 0 Å². The predicted molar refractivity (Wildman–Crippen MR) is 135 cm³/mol. The molecule has 1 aliphatic carbocycles. The van der Waals surface area contributed by atoms with Crippen molar-refractivity contribution in [1.82, 2.24) is 0 Å². The van der Waals surface area contributed by atoms with Crippen LogP contribution >= 0.6 is 0 Å². The van der Waals surface area contributed by atoms with Crippen LogP contribution in [-0.4, -0.2) is 30.4 Å². The molecule has 178 valence electrons. The lowest BCUT2D eigenvalue weighted by Crippen LogP contribution is -2.26. The van der Waals surface area contributed by atoms with E-state index in [4.69, 9.17) is 9.47 Å². The molecular formula is C30H34O4. The molecule has 4 rings (SSSR count). The third-order valence-corrected chi connectivity index (χ3v) is 6.57. The van der Waals surface area contributed by atoms with Crippen molar-refractivity contribution in [2.45, 2.75) is 57.5 Å². The van der Waals surface area contributed by atoms with E-state index in [2.05, 4.69) is 55.5 Å². The fourth-order valence-electron chi connectivity index (χ4n) is 4.77. The zero-order valence-corrected chi connectivity index (χ0v) is 19.9. The molecule has 34 heavy (non-hydrogen) atoms. The van der Waals surface area contributed by atoms with Crippen molar-refractivity contribution in [3.05, 3.63) is 89.5 Å². The Balaban J connectivity index is 1.29. The summed E-state index contributed by atoms with van der Waals surface area (Å²) >= 11 is 0. The Labute approximate surface area is 202 Å². The fraction of sp³-hybridized carbons (Fsp3) is 0.367. The van der Waals surface area contributed by atoms with Gasteiger partial charge in [0.15, 0.2) is 6.10 Å². The Hall–Kier alpha value is -3.11. The summed E-state index contributed by atoms with van der Waals surface area (Å²) in [6, 6.07) is 25.0. The molecule has 0 aromatic heterocycles. The van der Waals surface area contributed by atoms with Crippen molar-refractivity contribution >= 4 is 5.97 Å². The first-order valence-corrected chi connectivity index (χ1v) is 12.4. The predicted octanol–water partition coefficient (Wildman–Crippen LogP) is 6.86. The summed E-state index contributed by atoms with van der Waals surface area (Å²) in [7, 11) is 0. The SMILES string of the molecule is CCCCCCOC(Cc1ccc(OCCC2c3ccccc3-c3ccccc32)cc1)C(=O)O. The lowest BCUT2D eigenvalue weighted by atomic mass is 9.94. The number of aliphatic carboxylic acids is 1. The highest BCUT2D eigenvalue weighted by atomic mass is 16.5. The Kier molecular flexibility index (Phi) is 8.37. The van der Waals surface area contributed by atoms with E-state index in [9.17, 15) is 9.90 Å². The van der Waals surface area contributed by atoms with Gasteiger partial charge in [0.2, 0.25) is 0 Å². The van der Waals surface area contributed by atoms with Crippen LogP contribution in [0.25, 0.3) is 11.1 Å². The third-order valence-electron chi connectivity index (χ3n) is 6.57. The maximum Gasteiger partial charge on any atom is 0.333 e. The van der Waals surface area contributed by atoms with Gasteiger partial charge in [0, 0.05) is 18.9 Å². The number of fused-ring (bicyclic) bond motifs is 3. The molecule has 0 radical (unpaired) electrons. The minimum absolute atomic E-state index is 0.345. The molecule has 0 spiro atoms. The molecule has 0 bridgehead atoms. The van der Waals surface area contributed by atoms with Gasteiger partial charge in [-0.05, 0) is 52.8 Å². The van der Waals surface area contributed by atoms with Crippen LogP contribution in [0.1, 0.15) is 61.6 Å². The molecule has 3 aromatic rings. The molecule has 4 nitrogen and oxygen atoms in total. The second-order valence-electron chi connectivity index (χ2n) is 8.97. The molecular weight excluding hydrogens is 424 g/mol. The standard InChI is InChI=1S/C30H34O4/c1-2-3-4-9-19-34-29(30(31)32)21-22-14-16-23(17-15-22)33-20-18-28-26-12-7-5-10-24(26)25-11-6-8-13-27(25)28/h5-8,10-17,28-29H,2-4,9,18-21H2,1H3,(H,31,32). The van der Waals surface area contributed by atoms with Crippen LogP contribution in [-0.2, 0) is 16.0 Å². The van der Waals surface area contributed by atoms with E-state index < -0.39 is 12.1 Å². The lowest BCUT2D eigenvalue weighted by Gasteiger charge is -2.15. The van der Waals surface area contributed by atoms with Gasteiger partial charge in [-0.15, -0.1) is 0 Å². The highest BCUT2D eigenvalue weighted by Gasteiger charge is 2.27. The van der Waals surface area contributed by atoms with Crippen molar-refractivity contribution in [3.63, 3.8) is 0 Å². The van der Waals surface area contributed by atoms with E-state index in [1.807, 2.05) is 24.3 Å². The summed E-state index contributed by atoms with van der Waals surface area (Å²) in [5, 5.41) is 9.50. The van der Waals surface area contributed by atoms with E-state index in [-0.39, 0.29) is 0 Å². The van der Waals surface area contributed by atoms with Crippen LogP contribution in [0.5, 0.6) is 5.75 Å². The molecule has 0 saturated carbocycles. The zero-order chi connectivity index (χ0) is 23.8. The maximum absolute atomic E-state index is 11.6. The first-order chi connectivity index (χ1) is 16.7. The summed E-state index contributed by atoms with van der Waals surface area (Å²) in [6.07, 6.45) is 4.74. The molecule has 0 aliphatic heterocycles. The second kappa shape index (κ2) is 11.8. The van der Waals surface area contributed by atoms with Crippen LogP contribution in [0, 0.1) is 0 Å². The highest BCUT2D eigenvalue weighted by molar-refractivity contribution is 5.78. The number of hydrogen-bond donors (Lipinski definition) is 1. The number of unbranched alkanes of at least 4 members (excludes halogenated alkanes) is 3. The Morgan fingerprint density at radius 3 is 2.12 bits per heavy atom. The lowest BCUT2D eigenvalue weighted by molar-refractivity contribution is -0.150. The van der Waals surface area contributed by atoms with E-state index >= 15 is 0 Å². The molecule has 0 saturated heterocycles. The minimum Gasteiger partial charge on any atom is -0.494 e. The second-order valence-corrected chi connectivity index (χ2v) is 8.97. The molecule has 1 aliphatic rings. The van der Waals surface area contributed by atoms with Gasteiger partial charge < -0.3 is 14.6 Å². The number of ether oxygens (including phenoxy) is 2. The third kappa shape index (κ3) is 5.87.